The molecule has 3 aromatic heterocycles. The zero-order valence-electron chi connectivity index (χ0n) is 21.5. The van der Waals surface area contributed by atoms with Gasteiger partial charge in [0.15, 0.2) is 0 Å². The van der Waals surface area contributed by atoms with E-state index in [2.05, 4.69) is 16.4 Å². The maximum absolute atomic E-state index is 13.2. The van der Waals surface area contributed by atoms with E-state index in [0.717, 1.165) is 33.3 Å². The lowest BCUT2D eigenvalue weighted by molar-refractivity contribution is 0.0943. The number of fused-ring (bicyclic) bond motifs is 1. The second-order valence-corrected chi connectivity index (χ2v) is 10.4. The van der Waals surface area contributed by atoms with Crippen molar-refractivity contribution in [3.8, 4) is 11.1 Å². The number of nitrogens with one attached hydrogen (secondary N) is 1. The van der Waals surface area contributed by atoms with Crippen LogP contribution < -0.4 is 5.32 Å². The molecule has 3 aromatic carbocycles. The molecule has 40 heavy (non-hydrogen) atoms. The maximum atomic E-state index is 13.2. The summed E-state index contributed by atoms with van der Waals surface area (Å²) in [5.74, 6) is 0.273. The Hall–Kier alpha value is -4.39. The van der Waals surface area contributed by atoms with E-state index >= 15 is 0 Å². The van der Waals surface area contributed by atoms with Gasteiger partial charge in [0.05, 0.1) is 30.6 Å². The van der Waals surface area contributed by atoms with Crippen molar-refractivity contribution in [1.29, 1.82) is 0 Å². The predicted molar refractivity (Wildman–Crippen MR) is 158 cm³/mol. The summed E-state index contributed by atoms with van der Waals surface area (Å²) in [6.45, 7) is 0.268. The lowest BCUT2D eigenvalue weighted by Gasteiger charge is -2.20. The standard InChI is InChI=1S/C32H24Cl2N4O2/c1-38-19-35-18-30(38)31(20-7-10-23(33)11-8-20)22-9-12-28-27(15-22)26(21-4-2-5-24(34)14-21)16-29(37-28)32(39)36-17-25-6-3-13-40-25/h2-16,18-19,31H,17H2,1H3,(H,36,39). The zero-order valence-corrected chi connectivity index (χ0v) is 23.0. The molecule has 1 N–H and O–H groups in total. The molecule has 0 aliphatic rings. The number of rotatable bonds is 7. The van der Waals surface area contributed by atoms with Crippen molar-refractivity contribution in [2.24, 2.45) is 7.05 Å². The molecule has 6 nitrogen and oxygen atoms in total. The summed E-state index contributed by atoms with van der Waals surface area (Å²) in [5.41, 5.74) is 5.93. The normalized spacial score (nSPS) is 12.0. The fraction of sp³-hybridized carbons (Fsp3) is 0.0938. The summed E-state index contributed by atoms with van der Waals surface area (Å²) in [7, 11) is 1.98. The third-order valence-corrected chi connectivity index (χ3v) is 7.38. The largest absolute Gasteiger partial charge is 0.467 e. The smallest absolute Gasteiger partial charge is 0.270 e. The number of carbonyl (C=O) groups is 1. The molecule has 6 rings (SSSR count). The van der Waals surface area contributed by atoms with Gasteiger partial charge in [0.25, 0.3) is 5.91 Å². The maximum Gasteiger partial charge on any atom is 0.270 e. The number of halogens is 2. The van der Waals surface area contributed by atoms with Crippen LogP contribution in [0.4, 0.5) is 0 Å². The van der Waals surface area contributed by atoms with Gasteiger partial charge < -0.3 is 14.3 Å². The summed E-state index contributed by atoms with van der Waals surface area (Å²) in [4.78, 5) is 22.3. The molecule has 0 saturated heterocycles. The van der Waals surface area contributed by atoms with E-state index in [0.29, 0.717) is 27.0 Å². The van der Waals surface area contributed by atoms with Gasteiger partial charge in [-0.05, 0) is 76.9 Å². The van der Waals surface area contributed by atoms with E-state index in [1.165, 1.54) is 0 Å². The summed E-state index contributed by atoms with van der Waals surface area (Å²) in [6.07, 6.45) is 5.26. The Bertz CT molecular complexity index is 1810. The van der Waals surface area contributed by atoms with Crippen LogP contribution >= 0.6 is 23.2 Å². The molecule has 0 fully saturated rings. The summed E-state index contributed by atoms with van der Waals surface area (Å²) >= 11 is 12.6. The Morgan fingerprint density at radius 2 is 1.77 bits per heavy atom. The van der Waals surface area contributed by atoms with Crippen LogP contribution in [-0.4, -0.2) is 20.4 Å². The molecule has 0 spiro atoms. The Kier molecular flexibility index (Phi) is 7.11. The highest BCUT2D eigenvalue weighted by Gasteiger charge is 2.22. The molecule has 1 unspecified atom stereocenters. The van der Waals surface area contributed by atoms with Crippen LogP contribution in [0.3, 0.4) is 0 Å². The van der Waals surface area contributed by atoms with Gasteiger partial charge >= 0.3 is 0 Å². The number of furan rings is 1. The molecule has 0 aliphatic heterocycles. The minimum Gasteiger partial charge on any atom is -0.467 e. The molecule has 8 heteroatoms. The number of pyridine rings is 1. The second kappa shape index (κ2) is 11.0. The Labute approximate surface area is 241 Å². The lowest BCUT2D eigenvalue weighted by atomic mass is 9.87. The zero-order chi connectivity index (χ0) is 27.6. The minimum atomic E-state index is -0.292. The van der Waals surface area contributed by atoms with E-state index in [9.17, 15) is 4.79 Å². The number of aryl methyl sites for hydroxylation is 1. The molecule has 6 aromatic rings. The SMILES string of the molecule is Cn1cncc1C(c1ccc(Cl)cc1)c1ccc2nc(C(=O)NCc3ccco3)cc(-c3cccc(Cl)c3)c2c1. The number of amides is 1. The molecule has 0 saturated carbocycles. The highest BCUT2D eigenvalue weighted by molar-refractivity contribution is 6.31. The molecule has 0 aliphatic carbocycles. The number of carbonyl (C=O) groups excluding carboxylic acids is 1. The Morgan fingerprint density at radius 3 is 2.50 bits per heavy atom. The molecule has 0 radical (unpaired) electrons. The van der Waals surface area contributed by atoms with Crippen molar-refractivity contribution >= 4 is 40.0 Å². The number of benzene rings is 3. The van der Waals surface area contributed by atoms with Gasteiger partial charge in [-0.25, -0.2) is 9.97 Å². The number of aromatic nitrogens is 3. The van der Waals surface area contributed by atoms with Crippen LogP contribution in [0.15, 0.2) is 108 Å². The molecular formula is C32H24Cl2N4O2. The molecule has 0 bridgehead atoms. The third kappa shape index (κ3) is 5.24. The first-order chi connectivity index (χ1) is 19.5. The monoisotopic (exact) mass is 566 g/mol. The first kappa shape index (κ1) is 25.9. The average Bonchev–Trinajstić information content (AvgIpc) is 3.64. The number of nitrogens with zero attached hydrogens (tertiary/aromatic N) is 3. The topological polar surface area (TPSA) is 73.0 Å². The summed E-state index contributed by atoms with van der Waals surface area (Å²) in [6, 6.07) is 27.0. The van der Waals surface area contributed by atoms with Gasteiger partial charge in [0, 0.05) is 34.4 Å². The van der Waals surface area contributed by atoms with Crippen molar-refractivity contribution in [1.82, 2.24) is 19.9 Å². The van der Waals surface area contributed by atoms with Gasteiger partial charge in [-0.15, -0.1) is 0 Å². The highest BCUT2D eigenvalue weighted by Crippen LogP contribution is 2.37. The van der Waals surface area contributed by atoms with Crippen LogP contribution in [0.1, 0.15) is 39.0 Å². The van der Waals surface area contributed by atoms with Crippen LogP contribution in [0.25, 0.3) is 22.0 Å². The van der Waals surface area contributed by atoms with E-state index in [1.807, 2.05) is 90.6 Å². The van der Waals surface area contributed by atoms with Crippen molar-refractivity contribution < 1.29 is 9.21 Å². The predicted octanol–water partition coefficient (Wildman–Crippen LogP) is 7.65. The molecule has 3 heterocycles. The van der Waals surface area contributed by atoms with Crippen LogP contribution in [0.5, 0.6) is 0 Å². The van der Waals surface area contributed by atoms with E-state index in [1.54, 1.807) is 18.7 Å². The summed E-state index contributed by atoms with van der Waals surface area (Å²) < 4.78 is 7.37. The first-order valence-electron chi connectivity index (χ1n) is 12.7. The quantitative estimate of drug-likeness (QED) is 0.215. The molecular weight excluding hydrogens is 543 g/mol. The Morgan fingerprint density at radius 1 is 0.950 bits per heavy atom. The van der Waals surface area contributed by atoms with Crippen molar-refractivity contribution in [3.05, 3.63) is 142 Å². The van der Waals surface area contributed by atoms with E-state index in [4.69, 9.17) is 32.6 Å². The molecule has 198 valence electrons. The van der Waals surface area contributed by atoms with Crippen LogP contribution in [-0.2, 0) is 13.6 Å². The van der Waals surface area contributed by atoms with E-state index in [-0.39, 0.29) is 18.4 Å². The van der Waals surface area contributed by atoms with E-state index < -0.39 is 0 Å². The fourth-order valence-corrected chi connectivity index (χ4v) is 5.26. The second-order valence-electron chi connectivity index (χ2n) is 9.52. The lowest BCUT2D eigenvalue weighted by Crippen LogP contribution is -2.23. The highest BCUT2D eigenvalue weighted by atomic mass is 35.5. The van der Waals surface area contributed by atoms with Gasteiger partial charge in [0.2, 0.25) is 0 Å². The third-order valence-electron chi connectivity index (χ3n) is 6.89. The van der Waals surface area contributed by atoms with Crippen LogP contribution in [0.2, 0.25) is 10.0 Å². The van der Waals surface area contributed by atoms with Gasteiger partial charge in [0.1, 0.15) is 11.5 Å². The van der Waals surface area contributed by atoms with Gasteiger partial charge in [-0.3, -0.25) is 4.79 Å². The Balaban J connectivity index is 1.49. The van der Waals surface area contributed by atoms with Crippen molar-refractivity contribution in [3.63, 3.8) is 0 Å². The van der Waals surface area contributed by atoms with Gasteiger partial charge in [-0.2, -0.15) is 0 Å². The number of hydrogen-bond donors (Lipinski definition) is 1. The minimum absolute atomic E-state index is 0.0994. The van der Waals surface area contributed by atoms with Crippen molar-refractivity contribution in [2.45, 2.75) is 12.5 Å². The number of imidazole rings is 1. The molecule has 1 atom stereocenters. The number of hydrogen-bond acceptors (Lipinski definition) is 4. The summed E-state index contributed by atoms with van der Waals surface area (Å²) in [5, 5.41) is 5.09. The first-order valence-corrected chi connectivity index (χ1v) is 13.4. The fourth-order valence-electron chi connectivity index (χ4n) is 4.94. The van der Waals surface area contributed by atoms with Crippen LogP contribution in [0, 0.1) is 0 Å². The molecule has 1 amide bonds. The van der Waals surface area contributed by atoms with Crippen molar-refractivity contribution in [2.75, 3.05) is 0 Å². The van der Waals surface area contributed by atoms with Gasteiger partial charge in [-0.1, -0.05) is 53.5 Å². The average molecular weight is 567 g/mol.